The lowest BCUT2D eigenvalue weighted by atomic mass is 10.0. The van der Waals surface area contributed by atoms with Crippen molar-refractivity contribution in [1.29, 1.82) is 0 Å². The second-order valence-corrected chi connectivity index (χ2v) is 3.72. The number of carbonyl (C=O) groups excluding carboxylic acids is 1. The molecule has 1 fully saturated rings. The molecule has 1 heterocycles. The molecule has 1 N–H and O–H groups in total. The topological polar surface area (TPSA) is 47.6 Å². The quantitative estimate of drug-likeness (QED) is 0.674. The van der Waals surface area contributed by atoms with Crippen LogP contribution in [-0.4, -0.2) is 37.9 Å². The van der Waals surface area contributed by atoms with Gasteiger partial charge in [0, 0.05) is 12.6 Å². The first-order valence-corrected chi connectivity index (χ1v) is 5.78. The Kier molecular flexibility index (Phi) is 5.65. The van der Waals surface area contributed by atoms with E-state index in [0.717, 1.165) is 26.0 Å². The molecule has 88 valence electrons. The average molecular weight is 215 g/mol. The smallest absolute Gasteiger partial charge is 0.307 e. The maximum Gasteiger partial charge on any atom is 0.307 e. The number of hydrogen-bond donors (Lipinski definition) is 1. The maximum atomic E-state index is 11.4. The van der Waals surface area contributed by atoms with Gasteiger partial charge in [0.05, 0.1) is 19.1 Å². The molecule has 1 aliphatic rings. The Morgan fingerprint density at radius 2 is 2.40 bits per heavy atom. The van der Waals surface area contributed by atoms with Crippen LogP contribution >= 0.6 is 0 Å². The minimum Gasteiger partial charge on any atom is -0.466 e. The lowest BCUT2D eigenvalue weighted by Gasteiger charge is -2.22. The van der Waals surface area contributed by atoms with Gasteiger partial charge in [0.25, 0.3) is 0 Å². The summed E-state index contributed by atoms with van der Waals surface area (Å²) >= 11 is 0. The first-order valence-electron chi connectivity index (χ1n) is 5.78. The second-order valence-electron chi connectivity index (χ2n) is 3.72. The summed E-state index contributed by atoms with van der Waals surface area (Å²) in [5.41, 5.74) is 0. The Bertz CT molecular complexity index is 190. The highest BCUT2D eigenvalue weighted by Gasteiger charge is 2.27. The van der Waals surface area contributed by atoms with E-state index < -0.39 is 0 Å². The number of hydrogen-bond acceptors (Lipinski definition) is 4. The normalized spacial score (nSPS) is 22.7. The van der Waals surface area contributed by atoms with Crippen LogP contribution in [0.25, 0.3) is 0 Å². The molecular formula is C11H21NO3. The van der Waals surface area contributed by atoms with Crippen molar-refractivity contribution < 1.29 is 14.3 Å². The van der Waals surface area contributed by atoms with E-state index in [4.69, 9.17) is 9.47 Å². The number of rotatable bonds is 6. The van der Waals surface area contributed by atoms with Crippen molar-refractivity contribution in [3.8, 4) is 0 Å². The van der Waals surface area contributed by atoms with Crippen molar-refractivity contribution in [2.75, 3.05) is 19.8 Å². The molecule has 0 aromatic rings. The molecule has 2 atom stereocenters. The van der Waals surface area contributed by atoms with Gasteiger partial charge in [0.2, 0.25) is 0 Å². The van der Waals surface area contributed by atoms with Crippen LogP contribution in [0, 0.1) is 0 Å². The third-order valence-electron chi connectivity index (χ3n) is 2.57. The molecule has 4 heteroatoms. The molecular weight excluding hydrogens is 194 g/mol. The Morgan fingerprint density at radius 1 is 1.60 bits per heavy atom. The Balaban J connectivity index is 2.38. The molecule has 1 rings (SSSR count). The molecule has 0 radical (unpaired) electrons. The standard InChI is InChI=1S/C11H21NO3/c1-3-12-9(8-11(13)14-4-2)10-6-5-7-15-10/h9-10,12H,3-8H2,1-2H3. The fourth-order valence-corrected chi connectivity index (χ4v) is 1.92. The van der Waals surface area contributed by atoms with Gasteiger partial charge in [0.1, 0.15) is 0 Å². The van der Waals surface area contributed by atoms with Gasteiger partial charge >= 0.3 is 5.97 Å². The first kappa shape index (κ1) is 12.5. The van der Waals surface area contributed by atoms with E-state index in [1.807, 2.05) is 13.8 Å². The van der Waals surface area contributed by atoms with E-state index in [-0.39, 0.29) is 18.1 Å². The monoisotopic (exact) mass is 215 g/mol. The summed E-state index contributed by atoms with van der Waals surface area (Å²) in [5.74, 6) is -0.140. The molecule has 2 unspecified atom stereocenters. The molecule has 0 aromatic carbocycles. The van der Waals surface area contributed by atoms with E-state index in [1.165, 1.54) is 0 Å². The van der Waals surface area contributed by atoms with Gasteiger partial charge in [-0.1, -0.05) is 6.92 Å². The summed E-state index contributed by atoms with van der Waals surface area (Å²) in [7, 11) is 0. The minimum absolute atomic E-state index is 0.108. The predicted molar refractivity (Wildman–Crippen MR) is 57.7 cm³/mol. The summed E-state index contributed by atoms with van der Waals surface area (Å²) in [4.78, 5) is 11.4. The summed E-state index contributed by atoms with van der Waals surface area (Å²) in [6.45, 7) is 5.97. The van der Waals surface area contributed by atoms with Crippen molar-refractivity contribution in [3.05, 3.63) is 0 Å². The van der Waals surface area contributed by atoms with Crippen LogP contribution in [0.15, 0.2) is 0 Å². The largest absolute Gasteiger partial charge is 0.466 e. The lowest BCUT2D eigenvalue weighted by Crippen LogP contribution is -2.41. The number of ether oxygens (including phenoxy) is 2. The molecule has 0 bridgehead atoms. The van der Waals surface area contributed by atoms with Crippen LogP contribution < -0.4 is 5.32 Å². The van der Waals surface area contributed by atoms with E-state index in [1.54, 1.807) is 0 Å². The Hall–Kier alpha value is -0.610. The van der Waals surface area contributed by atoms with Gasteiger partial charge in [-0.15, -0.1) is 0 Å². The van der Waals surface area contributed by atoms with Gasteiger partial charge in [-0.2, -0.15) is 0 Å². The number of nitrogens with one attached hydrogen (secondary N) is 1. The minimum atomic E-state index is -0.140. The van der Waals surface area contributed by atoms with Gasteiger partial charge < -0.3 is 14.8 Å². The van der Waals surface area contributed by atoms with Crippen LogP contribution in [-0.2, 0) is 14.3 Å². The summed E-state index contributed by atoms with van der Waals surface area (Å²) in [5, 5.41) is 3.29. The van der Waals surface area contributed by atoms with Crippen LogP contribution in [0.1, 0.15) is 33.1 Å². The van der Waals surface area contributed by atoms with Gasteiger partial charge in [-0.05, 0) is 26.3 Å². The molecule has 0 saturated carbocycles. The highest BCUT2D eigenvalue weighted by atomic mass is 16.5. The van der Waals surface area contributed by atoms with Crippen molar-refractivity contribution >= 4 is 5.97 Å². The second kappa shape index (κ2) is 6.80. The zero-order chi connectivity index (χ0) is 11.1. The van der Waals surface area contributed by atoms with Gasteiger partial charge in [-0.3, -0.25) is 4.79 Å². The third-order valence-corrected chi connectivity index (χ3v) is 2.57. The molecule has 15 heavy (non-hydrogen) atoms. The van der Waals surface area contributed by atoms with Crippen molar-refractivity contribution in [2.45, 2.75) is 45.3 Å². The highest BCUT2D eigenvalue weighted by molar-refractivity contribution is 5.70. The van der Waals surface area contributed by atoms with Crippen molar-refractivity contribution in [3.63, 3.8) is 0 Å². The summed E-state index contributed by atoms with van der Waals surface area (Å²) < 4.78 is 10.5. The molecule has 0 aromatic heterocycles. The fourth-order valence-electron chi connectivity index (χ4n) is 1.92. The Morgan fingerprint density at radius 3 is 2.93 bits per heavy atom. The highest BCUT2D eigenvalue weighted by Crippen LogP contribution is 2.18. The maximum absolute atomic E-state index is 11.4. The van der Waals surface area contributed by atoms with Crippen molar-refractivity contribution in [1.82, 2.24) is 5.32 Å². The molecule has 4 nitrogen and oxygen atoms in total. The number of esters is 1. The average Bonchev–Trinajstić information content (AvgIpc) is 2.70. The Labute approximate surface area is 91.3 Å². The van der Waals surface area contributed by atoms with Crippen molar-refractivity contribution in [2.24, 2.45) is 0 Å². The van der Waals surface area contributed by atoms with Crippen LogP contribution in [0.5, 0.6) is 0 Å². The van der Waals surface area contributed by atoms with Gasteiger partial charge in [0.15, 0.2) is 0 Å². The lowest BCUT2D eigenvalue weighted by molar-refractivity contribution is -0.144. The van der Waals surface area contributed by atoms with Crippen LogP contribution in [0.2, 0.25) is 0 Å². The third kappa shape index (κ3) is 4.18. The molecule has 1 saturated heterocycles. The number of carbonyl (C=O) groups is 1. The summed E-state index contributed by atoms with van der Waals surface area (Å²) in [6, 6.07) is 0.108. The van der Waals surface area contributed by atoms with E-state index >= 15 is 0 Å². The van der Waals surface area contributed by atoms with Gasteiger partial charge in [-0.25, -0.2) is 0 Å². The SMILES string of the molecule is CCNC(CC(=O)OCC)C1CCCO1. The molecule has 1 aliphatic heterocycles. The van der Waals surface area contributed by atoms with E-state index in [9.17, 15) is 4.79 Å². The van der Waals surface area contributed by atoms with Crippen LogP contribution in [0.3, 0.4) is 0 Å². The van der Waals surface area contributed by atoms with E-state index in [2.05, 4.69) is 5.32 Å². The predicted octanol–water partition coefficient (Wildman–Crippen LogP) is 1.10. The summed E-state index contributed by atoms with van der Waals surface area (Å²) in [6.07, 6.45) is 2.72. The fraction of sp³-hybridized carbons (Fsp3) is 0.909. The van der Waals surface area contributed by atoms with Crippen LogP contribution in [0.4, 0.5) is 0 Å². The van der Waals surface area contributed by atoms with E-state index in [0.29, 0.717) is 13.0 Å². The molecule has 0 spiro atoms. The molecule has 0 amide bonds. The first-order chi connectivity index (χ1) is 7.27. The zero-order valence-corrected chi connectivity index (χ0v) is 9.62. The molecule has 0 aliphatic carbocycles. The zero-order valence-electron chi connectivity index (χ0n) is 9.62. The number of likely N-dealkylation sites (N-methyl/N-ethyl adjacent to an activating group) is 1.